The zero-order valence-electron chi connectivity index (χ0n) is 7.10. The molecule has 0 aromatic carbocycles. The van der Waals surface area contributed by atoms with E-state index in [2.05, 4.69) is 27.1 Å². The third kappa shape index (κ3) is 2.29. The molecule has 0 saturated heterocycles. The van der Waals surface area contributed by atoms with Crippen LogP contribution in [0.25, 0.3) is 0 Å². The van der Waals surface area contributed by atoms with Gasteiger partial charge in [0.25, 0.3) is 0 Å². The molecule has 1 N–H and O–H groups in total. The monoisotopic (exact) mass is 190 g/mol. The van der Waals surface area contributed by atoms with E-state index >= 15 is 0 Å². The maximum Gasteiger partial charge on any atom is 0.0409 e. The zero-order chi connectivity index (χ0) is 8.93. The van der Waals surface area contributed by atoms with Crippen molar-refractivity contribution >= 4 is 17.0 Å². The molecule has 0 radical (unpaired) electrons. The number of rotatable bonds is 3. The van der Waals surface area contributed by atoms with Crippen LogP contribution in [0.2, 0.25) is 0 Å². The first kappa shape index (κ1) is 8.26. The van der Waals surface area contributed by atoms with Crippen molar-refractivity contribution in [3.05, 3.63) is 46.9 Å². The lowest BCUT2D eigenvalue weighted by Crippen LogP contribution is -1.97. The molecule has 0 aliphatic rings. The van der Waals surface area contributed by atoms with Crippen LogP contribution in [0, 0.1) is 0 Å². The summed E-state index contributed by atoms with van der Waals surface area (Å²) in [6.07, 6.45) is 3.58. The predicted octanol–water partition coefficient (Wildman–Crippen LogP) is 2.76. The van der Waals surface area contributed by atoms with E-state index in [1.807, 2.05) is 12.1 Å². The van der Waals surface area contributed by atoms with Crippen LogP contribution in [0.15, 0.2) is 41.4 Å². The third-order valence-corrected chi connectivity index (χ3v) is 2.49. The van der Waals surface area contributed by atoms with E-state index in [9.17, 15) is 0 Å². The number of nitrogens with zero attached hydrogens (tertiary/aromatic N) is 1. The van der Waals surface area contributed by atoms with Gasteiger partial charge in [0.2, 0.25) is 0 Å². The molecule has 3 heteroatoms. The quantitative estimate of drug-likeness (QED) is 0.805. The van der Waals surface area contributed by atoms with Crippen LogP contribution < -0.4 is 5.32 Å². The van der Waals surface area contributed by atoms with E-state index < -0.39 is 0 Å². The smallest absolute Gasteiger partial charge is 0.0409 e. The van der Waals surface area contributed by atoms with Gasteiger partial charge in [0.15, 0.2) is 0 Å². The summed E-state index contributed by atoms with van der Waals surface area (Å²) in [7, 11) is 0. The maximum atomic E-state index is 3.95. The van der Waals surface area contributed by atoms with Gasteiger partial charge in [-0.25, -0.2) is 0 Å². The van der Waals surface area contributed by atoms with Crippen molar-refractivity contribution in [2.45, 2.75) is 6.54 Å². The molecule has 0 aliphatic heterocycles. The predicted molar refractivity (Wildman–Crippen MR) is 55.9 cm³/mol. The summed E-state index contributed by atoms with van der Waals surface area (Å²) in [6.45, 7) is 0.882. The summed E-state index contributed by atoms with van der Waals surface area (Å²) in [6, 6.07) is 6.05. The molecule has 0 amide bonds. The maximum absolute atomic E-state index is 3.95. The standard InChI is InChI=1S/C10H10N2S/c1-4-11-5-2-10(1)12-7-9-3-6-13-8-9/h1-6,8H,7H2,(H,11,12). The van der Waals surface area contributed by atoms with E-state index in [1.54, 1.807) is 23.7 Å². The zero-order valence-corrected chi connectivity index (χ0v) is 7.92. The van der Waals surface area contributed by atoms with Crippen molar-refractivity contribution in [2.24, 2.45) is 0 Å². The normalized spacial score (nSPS) is 9.85. The minimum atomic E-state index is 0.882. The van der Waals surface area contributed by atoms with Crippen molar-refractivity contribution in [2.75, 3.05) is 5.32 Å². The summed E-state index contributed by atoms with van der Waals surface area (Å²) in [5, 5.41) is 7.55. The van der Waals surface area contributed by atoms with E-state index in [4.69, 9.17) is 0 Å². The fourth-order valence-electron chi connectivity index (χ4n) is 1.07. The Labute approximate surface area is 81.3 Å². The lowest BCUT2D eigenvalue weighted by atomic mass is 10.3. The molecule has 0 unspecified atom stereocenters. The highest BCUT2D eigenvalue weighted by Crippen LogP contribution is 2.09. The Morgan fingerprint density at radius 3 is 2.77 bits per heavy atom. The molecule has 0 bridgehead atoms. The molecule has 2 rings (SSSR count). The highest BCUT2D eigenvalue weighted by atomic mass is 32.1. The fourth-order valence-corrected chi connectivity index (χ4v) is 1.74. The second kappa shape index (κ2) is 4.05. The molecule has 0 aliphatic carbocycles. The summed E-state index contributed by atoms with van der Waals surface area (Å²) in [5.74, 6) is 0. The Hall–Kier alpha value is -1.35. The number of nitrogens with one attached hydrogen (secondary N) is 1. The topological polar surface area (TPSA) is 24.9 Å². The van der Waals surface area contributed by atoms with Crippen molar-refractivity contribution in [1.29, 1.82) is 0 Å². The van der Waals surface area contributed by atoms with Gasteiger partial charge in [0.1, 0.15) is 0 Å². The van der Waals surface area contributed by atoms with E-state index in [0.29, 0.717) is 0 Å². The Bertz CT molecular complexity index is 342. The molecule has 2 aromatic heterocycles. The Kier molecular flexibility index (Phi) is 2.57. The van der Waals surface area contributed by atoms with Gasteiger partial charge in [0.05, 0.1) is 0 Å². The van der Waals surface area contributed by atoms with Gasteiger partial charge in [-0.15, -0.1) is 0 Å². The second-order valence-corrected chi connectivity index (χ2v) is 3.50. The number of aromatic nitrogens is 1. The van der Waals surface area contributed by atoms with Crippen LogP contribution in [-0.2, 0) is 6.54 Å². The summed E-state index contributed by atoms with van der Waals surface area (Å²) < 4.78 is 0. The highest BCUT2D eigenvalue weighted by Gasteiger charge is 1.92. The fraction of sp³-hybridized carbons (Fsp3) is 0.100. The molecule has 0 fully saturated rings. The first-order valence-corrected chi connectivity index (χ1v) is 5.04. The van der Waals surface area contributed by atoms with Crippen LogP contribution in [0.1, 0.15) is 5.56 Å². The second-order valence-electron chi connectivity index (χ2n) is 2.72. The van der Waals surface area contributed by atoms with Crippen LogP contribution >= 0.6 is 11.3 Å². The van der Waals surface area contributed by atoms with Crippen molar-refractivity contribution < 1.29 is 0 Å². The first-order valence-electron chi connectivity index (χ1n) is 4.10. The molecule has 66 valence electrons. The number of thiophene rings is 1. The molecule has 0 atom stereocenters. The number of hydrogen-bond donors (Lipinski definition) is 1. The Balaban J connectivity index is 1.94. The van der Waals surface area contributed by atoms with Gasteiger partial charge in [-0.3, -0.25) is 4.98 Å². The van der Waals surface area contributed by atoms with Crippen LogP contribution in [0.5, 0.6) is 0 Å². The lowest BCUT2D eigenvalue weighted by molar-refractivity contribution is 1.16. The molecule has 2 nitrogen and oxygen atoms in total. The molecular formula is C10H10N2S. The molecule has 0 saturated carbocycles. The largest absolute Gasteiger partial charge is 0.381 e. The van der Waals surface area contributed by atoms with E-state index in [-0.39, 0.29) is 0 Å². The molecular weight excluding hydrogens is 180 g/mol. The summed E-state index contributed by atoms with van der Waals surface area (Å²) >= 11 is 1.72. The average Bonchev–Trinajstić information content (AvgIpc) is 2.69. The van der Waals surface area contributed by atoms with Crippen LogP contribution in [0.3, 0.4) is 0 Å². The Morgan fingerprint density at radius 2 is 2.08 bits per heavy atom. The lowest BCUT2D eigenvalue weighted by Gasteiger charge is -2.02. The van der Waals surface area contributed by atoms with Crippen molar-refractivity contribution in [3.8, 4) is 0 Å². The third-order valence-electron chi connectivity index (χ3n) is 1.76. The molecule has 2 aromatic rings. The summed E-state index contributed by atoms with van der Waals surface area (Å²) in [4.78, 5) is 3.95. The van der Waals surface area contributed by atoms with Gasteiger partial charge >= 0.3 is 0 Å². The van der Waals surface area contributed by atoms with Crippen LogP contribution in [0.4, 0.5) is 5.69 Å². The van der Waals surface area contributed by atoms with Crippen molar-refractivity contribution in [1.82, 2.24) is 4.98 Å². The van der Waals surface area contributed by atoms with Crippen molar-refractivity contribution in [3.63, 3.8) is 0 Å². The molecule has 2 heterocycles. The minimum Gasteiger partial charge on any atom is -0.381 e. The molecule has 13 heavy (non-hydrogen) atoms. The number of pyridine rings is 1. The molecule has 0 spiro atoms. The first-order chi connectivity index (χ1) is 6.45. The van der Waals surface area contributed by atoms with Gasteiger partial charge in [-0.1, -0.05) is 0 Å². The van der Waals surface area contributed by atoms with Gasteiger partial charge in [0, 0.05) is 24.6 Å². The number of hydrogen-bond acceptors (Lipinski definition) is 3. The van der Waals surface area contributed by atoms with Gasteiger partial charge in [-0.05, 0) is 34.5 Å². The Morgan fingerprint density at radius 1 is 1.23 bits per heavy atom. The van der Waals surface area contributed by atoms with Crippen LogP contribution in [-0.4, -0.2) is 4.98 Å². The van der Waals surface area contributed by atoms with Gasteiger partial charge in [-0.2, -0.15) is 11.3 Å². The summed E-state index contributed by atoms with van der Waals surface area (Å²) in [5.41, 5.74) is 2.43. The van der Waals surface area contributed by atoms with E-state index in [1.165, 1.54) is 5.56 Å². The van der Waals surface area contributed by atoms with Gasteiger partial charge < -0.3 is 5.32 Å². The minimum absolute atomic E-state index is 0.882. The SMILES string of the molecule is c1cc(NCc2ccsc2)ccn1. The average molecular weight is 190 g/mol. The number of anilines is 1. The highest BCUT2D eigenvalue weighted by molar-refractivity contribution is 7.07. The van der Waals surface area contributed by atoms with E-state index in [0.717, 1.165) is 12.2 Å².